The average Bonchev–Trinajstić information content (AvgIpc) is 2.80. The third-order valence-electron chi connectivity index (χ3n) is 4.03. The van der Waals surface area contributed by atoms with Crippen molar-refractivity contribution in [2.75, 3.05) is 0 Å². The Labute approximate surface area is 132 Å². The molecule has 0 saturated carbocycles. The normalized spacial score (nSPS) is 16.3. The monoisotopic (exact) mass is 313 g/mol. The lowest BCUT2D eigenvalue weighted by Gasteiger charge is -2.27. The highest BCUT2D eigenvalue weighted by Gasteiger charge is 2.40. The van der Waals surface area contributed by atoms with Crippen molar-refractivity contribution in [3.63, 3.8) is 0 Å². The number of aliphatic hydroxyl groups excluding tert-OH is 1. The second-order valence-electron chi connectivity index (χ2n) is 5.46. The maximum Gasteiger partial charge on any atom is 0.261 e. The third-order valence-corrected chi connectivity index (χ3v) is 4.03. The molecule has 6 nitrogen and oxygen atoms in total. The first-order chi connectivity index (χ1) is 10.9. The standard InChI is InChI=1S/C17H15NO5/c1-9(15(21)10-6-7-13(19)14(20)8-10)18-16(22)11-4-2-3-5-12(11)17(18)23/h2-9,15,19-21H,1H3/t9-,15+/m1/s1. The smallest absolute Gasteiger partial charge is 0.261 e. The number of benzene rings is 2. The second kappa shape index (κ2) is 5.40. The van der Waals surface area contributed by atoms with Crippen molar-refractivity contribution in [1.82, 2.24) is 4.90 Å². The molecule has 2 aromatic rings. The van der Waals surface area contributed by atoms with Crippen LogP contribution in [0.4, 0.5) is 0 Å². The Morgan fingerprint density at radius 1 is 0.913 bits per heavy atom. The van der Waals surface area contributed by atoms with Crippen LogP contribution in [0.5, 0.6) is 11.5 Å². The number of carbonyl (C=O) groups excluding carboxylic acids is 2. The van der Waals surface area contributed by atoms with Gasteiger partial charge in [0.05, 0.1) is 23.3 Å². The zero-order valence-corrected chi connectivity index (χ0v) is 12.3. The number of nitrogens with zero attached hydrogens (tertiary/aromatic N) is 1. The van der Waals surface area contributed by atoms with Gasteiger partial charge in [-0.15, -0.1) is 0 Å². The van der Waals surface area contributed by atoms with Crippen LogP contribution in [0.1, 0.15) is 39.3 Å². The van der Waals surface area contributed by atoms with E-state index in [1.807, 2.05) is 0 Å². The maximum absolute atomic E-state index is 12.4. The Hall–Kier alpha value is -2.86. The molecule has 6 heteroatoms. The van der Waals surface area contributed by atoms with E-state index >= 15 is 0 Å². The van der Waals surface area contributed by atoms with Crippen molar-refractivity contribution in [3.8, 4) is 11.5 Å². The summed E-state index contributed by atoms with van der Waals surface area (Å²) < 4.78 is 0. The highest BCUT2D eigenvalue weighted by atomic mass is 16.3. The Balaban J connectivity index is 1.91. The number of rotatable bonds is 3. The topological polar surface area (TPSA) is 98.1 Å². The van der Waals surface area contributed by atoms with E-state index in [1.165, 1.54) is 18.2 Å². The van der Waals surface area contributed by atoms with Gasteiger partial charge in [0.15, 0.2) is 11.5 Å². The molecule has 1 aliphatic rings. The van der Waals surface area contributed by atoms with E-state index in [4.69, 9.17) is 0 Å². The molecule has 0 unspecified atom stereocenters. The first kappa shape index (κ1) is 15.1. The molecule has 0 aliphatic carbocycles. The number of carbonyl (C=O) groups is 2. The molecule has 1 aliphatic heterocycles. The van der Waals surface area contributed by atoms with Crippen LogP contribution in [0.2, 0.25) is 0 Å². The van der Waals surface area contributed by atoms with Gasteiger partial charge in [-0.1, -0.05) is 18.2 Å². The molecule has 0 fully saturated rings. The second-order valence-corrected chi connectivity index (χ2v) is 5.46. The lowest BCUT2D eigenvalue weighted by molar-refractivity contribution is 0.0375. The SMILES string of the molecule is C[C@H]([C@H](O)c1ccc(O)c(O)c1)N1C(=O)c2ccccc2C1=O. The largest absolute Gasteiger partial charge is 0.504 e. The minimum absolute atomic E-state index is 0.296. The molecule has 2 amide bonds. The summed E-state index contributed by atoms with van der Waals surface area (Å²) in [5, 5.41) is 29.3. The van der Waals surface area contributed by atoms with E-state index in [-0.39, 0.29) is 11.5 Å². The minimum atomic E-state index is -1.19. The van der Waals surface area contributed by atoms with Gasteiger partial charge >= 0.3 is 0 Å². The molecule has 3 N–H and O–H groups in total. The molecular weight excluding hydrogens is 298 g/mol. The molecule has 2 atom stereocenters. The van der Waals surface area contributed by atoms with Gasteiger partial charge in [0.1, 0.15) is 0 Å². The summed E-state index contributed by atoms with van der Waals surface area (Å²) in [7, 11) is 0. The highest BCUT2D eigenvalue weighted by molar-refractivity contribution is 6.21. The summed E-state index contributed by atoms with van der Waals surface area (Å²) in [5.74, 6) is -1.61. The Kier molecular flexibility index (Phi) is 3.54. The molecule has 0 aromatic heterocycles. The molecule has 0 radical (unpaired) electrons. The molecule has 1 heterocycles. The fraction of sp³-hybridized carbons (Fsp3) is 0.176. The Morgan fingerprint density at radius 3 is 2.00 bits per heavy atom. The number of fused-ring (bicyclic) bond motifs is 1. The number of imide groups is 1. The van der Waals surface area contributed by atoms with Crippen LogP contribution in [0, 0.1) is 0 Å². The minimum Gasteiger partial charge on any atom is -0.504 e. The van der Waals surface area contributed by atoms with Gasteiger partial charge in [0.2, 0.25) is 0 Å². The zero-order valence-electron chi connectivity index (χ0n) is 12.3. The number of aromatic hydroxyl groups is 2. The van der Waals surface area contributed by atoms with Crippen LogP contribution >= 0.6 is 0 Å². The molecule has 0 spiro atoms. The summed E-state index contributed by atoms with van der Waals surface area (Å²) in [5.41, 5.74) is 0.916. The molecule has 3 rings (SSSR count). The van der Waals surface area contributed by atoms with Crippen LogP contribution < -0.4 is 0 Å². The van der Waals surface area contributed by atoms with Crippen molar-refractivity contribution >= 4 is 11.8 Å². The van der Waals surface area contributed by atoms with E-state index in [2.05, 4.69) is 0 Å². The van der Waals surface area contributed by atoms with Gasteiger partial charge in [-0.05, 0) is 36.8 Å². The van der Waals surface area contributed by atoms with Crippen LogP contribution in [0.15, 0.2) is 42.5 Å². The van der Waals surface area contributed by atoms with Crippen molar-refractivity contribution in [2.45, 2.75) is 19.1 Å². The van der Waals surface area contributed by atoms with Gasteiger partial charge in [0.25, 0.3) is 11.8 Å². The molecular formula is C17H15NO5. The van der Waals surface area contributed by atoms with E-state index in [9.17, 15) is 24.9 Å². The molecule has 118 valence electrons. The van der Waals surface area contributed by atoms with E-state index in [1.54, 1.807) is 31.2 Å². The molecule has 0 bridgehead atoms. The summed E-state index contributed by atoms with van der Waals surface area (Å²) in [6.45, 7) is 1.55. The van der Waals surface area contributed by atoms with Gasteiger partial charge in [-0.25, -0.2) is 0 Å². The Bertz CT molecular complexity index is 766. The lowest BCUT2D eigenvalue weighted by atomic mass is 10.0. The van der Waals surface area contributed by atoms with Crippen molar-refractivity contribution in [1.29, 1.82) is 0 Å². The summed E-state index contributed by atoms with van der Waals surface area (Å²) in [6.07, 6.45) is -1.19. The number of aliphatic hydroxyl groups is 1. The fourth-order valence-corrected chi connectivity index (χ4v) is 2.72. The van der Waals surface area contributed by atoms with Gasteiger partial charge < -0.3 is 15.3 Å². The van der Waals surface area contributed by atoms with Crippen LogP contribution in [0.3, 0.4) is 0 Å². The molecule has 23 heavy (non-hydrogen) atoms. The first-order valence-electron chi connectivity index (χ1n) is 7.08. The quantitative estimate of drug-likeness (QED) is 0.593. The van der Waals surface area contributed by atoms with Crippen molar-refractivity contribution < 1.29 is 24.9 Å². The van der Waals surface area contributed by atoms with E-state index < -0.39 is 24.0 Å². The van der Waals surface area contributed by atoms with Crippen LogP contribution in [-0.4, -0.2) is 38.1 Å². The van der Waals surface area contributed by atoms with E-state index in [0.29, 0.717) is 16.7 Å². The summed E-state index contributed by atoms with van der Waals surface area (Å²) in [4.78, 5) is 25.8. The number of hydrogen-bond acceptors (Lipinski definition) is 5. The summed E-state index contributed by atoms with van der Waals surface area (Å²) in [6, 6.07) is 9.53. The number of phenolic OH excluding ortho intramolecular Hbond substituents is 2. The predicted molar refractivity (Wildman–Crippen MR) is 81.1 cm³/mol. The lowest BCUT2D eigenvalue weighted by Crippen LogP contribution is -2.41. The fourth-order valence-electron chi connectivity index (χ4n) is 2.72. The predicted octanol–water partition coefficient (Wildman–Crippen LogP) is 1.82. The van der Waals surface area contributed by atoms with E-state index in [0.717, 1.165) is 4.90 Å². The van der Waals surface area contributed by atoms with Crippen molar-refractivity contribution in [3.05, 3.63) is 59.2 Å². The number of hydrogen-bond donors (Lipinski definition) is 3. The van der Waals surface area contributed by atoms with Crippen LogP contribution in [-0.2, 0) is 0 Å². The van der Waals surface area contributed by atoms with Crippen molar-refractivity contribution in [2.24, 2.45) is 0 Å². The van der Waals surface area contributed by atoms with Gasteiger partial charge in [0, 0.05) is 0 Å². The zero-order chi connectivity index (χ0) is 16.7. The van der Waals surface area contributed by atoms with Gasteiger partial charge in [-0.2, -0.15) is 0 Å². The Morgan fingerprint density at radius 2 is 1.48 bits per heavy atom. The maximum atomic E-state index is 12.4. The first-order valence-corrected chi connectivity index (χ1v) is 7.08. The number of amides is 2. The third kappa shape index (κ3) is 2.33. The average molecular weight is 313 g/mol. The summed E-state index contributed by atoms with van der Waals surface area (Å²) >= 11 is 0. The van der Waals surface area contributed by atoms with Gasteiger partial charge in [-0.3, -0.25) is 14.5 Å². The molecule has 2 aromatic carbocycles. The number of phenols is 2. The highest BCUT2D eigenvalue weighted by Crippen LogP contribution is 2.33. The van der Waals surface area contributed by atoms with Crippen LogP contribution in [0.25, 0.3) is 0 Å². The molecule has 0 saturated heterocycles.